The van der Waals surface area contributed by atoms with Crippen LogP contribution in [0.3, 0.4) is 0 Å². The van der Waals surface area contributed by atoms with Gasteiger partial charge in [0.2, 0.25) is 0 Å². The van der Waals surface area contributed by atoms with Gasteiger partial charge in [0, 0.05) is 18.7 Å². The monoisotopic (exact) mass is 481 g/mol. The number of aliphatic hydroxyl groups is 1. The molecule has 2 amide bonds. The summed E-state index contributed by atoms with van der Waals surface area (Å²) < 4.78 is 10.5. The first-order chi connectivity index (χ1) is 16.8. The number of likely N-dealkylation sites (tertiary alicyclic amines) is 1. The Bertz CT molecular complexity index is 1090. The molecule has 0 aromatic heterocycles. The maximum absolute atomic E-state index is 13.1. The zero-order chi connectivity index (χ0) is 25.5. The lowest BCUT2D eigenvalue weighted by Crippen LogP contribution is -2.38. The first-order valence-electron chi connectivity index (χ1n) is 11.5. The fraction of sp³-hybridized carbons (Fsp3) is 0.346. The lowest BCUT2D eigenvalue weighted by Gasteiger charge is -2.28. The number of hydrogen-bond donors (Lipinski definition) is 2. The molecule has 1 heterocycles. The van der Waals surface area contributed by atoms with Crippen LogP contribution in [-0.4, -0.2) is 72.4 Å². The molecule has 9 nitrogen and oxygen atoms in total. The second-order valence-electron chi connectivity index (χ2n) is 8.07. The Hall–Kier alpha value is -3.85. The summed E-state index contributed by atoms with van der Waals surface area (Å²) in [6, 6.07) is 12.5. The SMILES string of the molecule is CCN(CC)CCN1C(=O)C(=O)/C(=C(/O)c2ccc(OC)cc2)C1c1ccc(OCC(N)=O)cc1. The normalized spacial score (nSPS) is 17.1. The third-order valence-corrected chi connectivity index (χ3v) is 6.03. The van der Waals surface area contributed by atoms with E-state index >= 15 is 0 Å². The molecule has 9 heteroatoms. The molecule has 0 aliphatic carbocycles. The number of likely N-dealkylation sites (N-methyl/N-ethyl adjacent to an activating group) is 1. The van der Waals surface area contributed by atoms with E-state index in [9.17, 15) is 19.5 Å². The van der Waals surface area contributed by atoms with Crippen LogP contribution in [0.15, 0.2) is 54.1 Å². The van der Waals surface area contributed by atoms with Crippen LogP contribution < -0.4 is 15.2 Å². The predicted octanol–water partition coefficient (Wildman–Crippen LogP) is 2.32. The average Bonchev–Trinajstić information content (AvgIpc) is 3.13. The van der Waals surface area contributed by atoms with E-state index in [1.807, 2.05) is 13.8 Å². The van der Waals surface area contributed by atoms with Crippen molar-refractivity contribution in [1.29, 1.82) is 0 Å². The van der Waals surface area contributed by atoms with E-state index in [1.54, 1.807) is 48.5 Å². The highest BCUT2D eigenvalue weighted by Crippen LogP contribution is 2.39. The van der Waals surface area contributed by atoms with Crippen LogP contribution >= 0.6 is 0 Å². The van der Waals surface area contributed by atoms with E-state index in [4.69, 9.17) is 15.2 Å². The number of hydrogen-bond acceptors (Lipinski definition) is 7. The molecule has 0 spiro atoms. The Kier molecular flexibility index (Phi) is 8.48. The lowest BCUT2D eigenvalue weighted by molar-refractivity contribution is -0.140. The van der Waals surface area contributed by atoms with Gasteiger partial charge in [-0.2, -0.15) is 0 Å². The minimum Gasteiger partial charge on any atom is -0.507 e. The fourth-order valence-electron chi connectivity index (χ4n) is 4.05. The standard InChI is InChI=1S/C26H31N3O6/c1-4-28(5-2)14-15-29-23(17-6-12-20(13-7-17)35-16-21(27)30)22(25(32)26(29)33)24(31)18-8-10-19(34-3)11-9-18/h6-13,23,31H,4-5,14-16H2,1-3H3,(H2,27,30)/b24-22+. The summed E-state index contributed by atoms with van der Waals surface area (Å²) in [5.74, 6) is -1.23. The number of ketones is 1. The van der Waals surface area contributed by atoms with E-state index in [0.717, 1.165) is 13.1 Å². The number of ether oxygens (including phenoxy) is 2. The molecule has 186 valence electrons. The lowest BCUT2D eigenvalue weighted by atomic mass is 9.95. The van der Waals surface area contributed by atoms with Crippen LogP contribution in [0.25, 0.3) is 5.76 Å². The molecule has 0 saturated carbocycles. The predicted molar refractivity (Wildman–Crippen MR) is 131 cm³/mol. The third kappa shape index (κ3) is 5.81. The number of Topliss-reactive ketones (excluding diaryl/α,β-unsaturated/α-hetero) is 1. The number of primary amides is 1. The van der Waals surface area contributed by atoms with Gasteiger partial charge in [-0.1, -0.05) is 26.0 Å². The molecule has 1 aliphatic heterocycles. The zero-order valence-electron chi connectivity index (χ0n) is 20.2. The molecule has 1 fully saturated rings. The molecule has 1 saturated heterocycles. The molecule has 2 aromatic rings. The molecule has 0 radical (unpaired) electrons. The summed E-state index contributed by atoms with van der Waals surface area (Å²) in [7, 11) is 1.53. The van der Waals surface area contributed by atoms with Crippen LogP contribution in [0.4, 0.5) is 0 Å². The molecular weight excluding hydrogens is 450 g/mol. The van der Waals surface area contributed by atoms with E-state index in [0.29, 0.717) is 35.7 Å². The molecule has 3 rings (SSSR count). The van der Waals surface area contributed by atoms with Crippen LogP contribution in [0.5, 0.6) is 11.5 Å². The van der Waals surface area contributed by atoms with Crippen molar-refractivity contribution < 1.29 is 29.0 Å². The topological polar surface area (TPSA) is 122 Å². The van der Waals surface area contributed by atoms with Crippen molar-refractivity contribution in [2.75, 3.05) is 39.9 Å². The maximum atomic E-state index is 13.1. The van der Waals surface area contributed by atoms with E-state index in [1.165, 1.54) is 12.0 Å². The molecule has 1 atom stereocenters. The second kappa shape index (κ2) is 11.5. The number of amides is 2. The van der Waals surface area contributed by atoms with Crippen molar-refractivity contribution in [3.05, 3.63) is 65.2 Å². The van der Waals surface area contributed by atoms with Gasteiger partial charge in [-0.05, 0) is 55.1 Å². The largest absolute Gasteiger partial charge is 0.507 e. The molecule has 1 unspecified atom stereocenters. The number of nitrogens with zero attached hydrogens (tertiary/aromatic N) is 2. The van der Waals surface area contributed by atoms with Crippen LogP contribution in [0.1, 0.15) is 31.0 Å². The quantitative estimate of drug-likeness (QED) is 0.287. The van der Waals surface area contributed by atoms with Crippen molar-refractivity contribution in [2.45, 2.75) is 19.9 Å². The number of benzene rings is 2. The Labute approximate surface area is 204 Å². The number of carbonyl (C=O) groups excluding carboxylic acids is 3. The van der Waals surface area contributed by atoms with E-state index in [-0.39, 0.29) is 17.9 Å². The molecule has 35 heavy (non-hydrogen) atoms. The van der Waals surface area contributed by atoms with Crippen molar-refractivity contribution in [2.24, 2.45) is 5.73 Å². The Morgan fingerprint density at radius 3 is 2.17 bits per heavy atom. The van der Waals surface area contributed by atoms with Crippen molar-refractivity contribution in [3.8, 4) is 11.5 Å². The highest BCUT2D eigenvalue weighted by molar-refractivity contribution is 6.46. The molecular formula is C26H31N3O6. The smallest absolute Gasteiger partial charge is 0.295 e. The minimum atomic E-state index is -0.780. The van der Waals surface area contributed by atoms with Gasteiger partial charge in [-0.15, -0.1) is 0 Å². The number of nitrogens with two attached hydrogens (primary N) is 1. The van der Waals surface area contributed by atoms with Gasteiger partial charge in [0.05, 0.1) is 18.7 Å². The first kappa shape index (κ1) is 25.8. The van der Waals surface area contributed by atoms with E-state index in [2.05, 4.69) is 4.90 Å². The Balaban J connectivity index is 2.03. The molecule has 1 aliphatic rings. The van der Waals surface area contributed by atoms with Gasteiger partial charge in [0.25, 0.3) is 17.6 Å². The molecule has 0 bridgehead atoms. The first-order valence-corrected chi connectivity index (χ1v) is 11.5. The zero-order valence-corrected chi connectivity index (χ0v) is 20.2. The summed E-state index contributed by atoms with van der Waals surface area (Å²) in [4.78, 5) is 40.9. The van der Waals surface area contributed by atoms with Crippen LogP contribution in [0, 0.1) is 0 Å². The summed E-state index contributed by atoms with van der Waals surface area (Å²) in [6.07, 6.45) is 0. The highest BCUT2D eigenvalue weighted by Gasteiger charge is 2.46. The van der Waals surface area contributed by atoms with Gasteiger partial charge in [0.1, 0.15) is 17.3 Å². The number of carbonyl (C=O) groups is 3. The maximum Gasteiger partial charge on any atom is 0.295 e. The Morgan fingerprint density at radius 1 is 1.03 bits per heavy atom. The number of rotatable bonds is 11. The van der Waals surface area contributed by atoms with Gasteiger partial charge in [0.15, 0.2) is 6.61 Å². The molecule has 3 N–H and O–H groups in total. The number of aliphatic hydroxyl groups excluding tert-OH is 1. The van der Waals surface area contributed by atoms with Gasteiger partial charge >= 0.3 is 0 Å². The van der Waals surface area contributed by atoms with Gasteiger partial charge in [-0.25, -0.2) is 0 Å². The van der Waals surface area contributed by atoms with E-state index < -0.39 is 23.6 Å². The van der Waals surface area contributed by atoms with Gasteiger partial charge < -0.3 is 30.1 Å². The summed E-state index contributed by atoms with van der Waals surface area (Å²) in [6.45, 7) is 6.31. The summed E-state index contributed by atoms with van der Waals surface area (Å²) >= 11 is 0. The Morgan fingerprint density at radius 2 is 1.63 bits per heavy atom. The second-order valence-corrected chi connectivity index (χ2v) is 8.07. The van der Waals surface area contributed by atoms with Crippen LogP contribution in [-0.2, 0) is 14.4 Å². The number of methoxy groups -OCH3 is 1. The average molecular weight is 482 g/mol. The van der Waals surface area contributed by atoms with Gasteiger partial charge in [-0.3, -0.25) is 14.4 Å². The molecule has 2 aromatic carbocycles. The van der Waals surface area contributed by atoms with Crippen molar-refractivity contribution in [1.82, 2.24) is 9.80 Å². The van der Waals surface area contributed by atoms with Crippen molar-refractivity contribution in [3.63, 3.8) is 0 Å². The third-order valence-electron chi connectivity index (χ3n) is 6.03. The summed E-state index contributed by atoms with van der Waals surface area (Å²) in [5.41, 5.74) is 6.18. The van der Waals surface area contributed by atoms with Crippen molar-refractivity contribution >= 4 is 23.4 Å². The highest BCUT2D eigenvalue weighted by atomic mass is 16.5. The fourth-order valence-corrected chi connectivity index (χ4v) is 4.05. The minimum absolute atomic E-state index is 0.0190. The summed E-state index contributed by atoms with van der Waals surface area (Å²) in [5, 5.41) is 11.1. The van der Waals surface area contributed by atoms with Crippen LogP contribution in [0.2, 0.25) is 0 Å².